The van der Waals surface area contributed by atoms with Crippen molar-refractivity contribution in [2.45, 2.75) is 155 Å². The molecule has 0 spiro atoms. The van der Waals surface area contributed by atoms with Crippen molar-refractivity contribution in [3.05, 3.63) is 58.6 Å². The molecule has 0 aliphatic rings. The molecule has 0 N–H and O–H groups in total. The van der Waals surface area contributed by atoms with Crippen molar-refractivity contribution in [2.75, 3.05) is 0 Å². The second-order valence-electron chi connectivity index (χ2n) is 14.1. The van der Waals surface area contributed by atoms with Gasteiger partial charge in [0.15, 0.2) is 0 Å². The molecule has 3 aromatic carbocycles. The average Bonchev–Trinajstić information content (AvgIpc) is 3.11. The fourth-order valence-corrected chi connectivity index (χ4v) is 10.1. The lowest BCUT2D eigenvalue weighted by atomic mass is 10.1. The molecule has 266 valence electrons. The first-order valence-electron chi connectivity index (χ1n) is 19.6. The lowest BCUT2D eigenvalue weighted by Crippen LogP contribution is -2.05. The number of hydrogen-bond acceptors (Lipinski definition) is 3. The summed E-state index contributed by atoms with van der Waals surface area (Å²) in [6.45, 7) is 6.63. The molecule has 0 amide bonds. The molecule has 5 aromatic rings. The van der Waals surface area contributed by atoms with E-state index in [0.29, 0.717) is 0 Å². The van der Waals surface area contributed by atoms with Crippen LogP contribution in [-0.4, -0.2) is 15.4 Å². The SMILES string of the molecule is CCCCCCCCCCCCn1c2ccc(Br)cc2sc2cc3c(cc21)sc1cc(C=O)ccc1n3CCCCCCCCCCCC. The Morgan fingerprint density at radius 2 is 0.878 bits per heavy atom. The Kier molecular flexibility index (Phi) is 16.0. The number of nitrogens with zero attached hydrogens (tertiary/aromatic N) is 2. The summed E-state index contributed by atoms with van der Waals surface area (Å²) in [4.78, 5) is 11.8. The van der Waals surface area contributed by atoms with Crippen molar-refractivity contribution in [2.24, 2.45) is 0 Å². The molecule has 0 fully saturated rings. The van der Waals surface area contributed by atoms with Gasteiger partial charge in [0.05, 0.1) is 40.9 Å². The first kappa shape index (κ1) is 38.1. The van der Waals surface area contributed by atoms with Crippen LogP contribution in [0.2, 0.25) is 0 Å². The molecule has 0 saturated heterocycles. The van der Waals surface area contributed by atoms with Crippen LogP contribution in [0, 0.1) is 0 Å². The molecule has 49 heavy (non-hydrogen) atoms. The van der Waals surface area contributed by atoms with E-state index in [9.17, 15) is 4.79 Å². The minimum Gasteiger partial charge on any atom is -0.339 e. The third-order valence-corrected chi connectivity index (χ3v) is 12.8. The summed E-state index contributed by atoms with van der Waals surface area (Å²) in [7, 11) is 0. The standard InChI is InChI=1S/C43H59BrN2OS2/c1-3-5-7-9-11-13-15-17-19-21-27-45-36-25-23-34(33-47)29-40(36)48-42-31-39-43(32-38(42)45)49-41-30-35(44)24-26-37(41)46(39)28-22-20-18-16-14-12-10-8-6-4-2/h23-26,29-33H,3-22,27-28H2,1-2H3. The van der Waals surface area contributed by atoms with Crippen molar-refractivity contribution in [1.82, 2.24) is 9.13 Å². The van der Waals surface area contributed by atoms with E-state index in [2.05, 4.69) is 81.4 Å². The molecule has 5 rings (SSSR count). The van der Waals surface area contributed by atoms with E-state index < -0.39 is 0 Å². The van der Waals surface area contributed by atoms with Crippen molar-refractivity contribution < 1.29 is 4.79 Å². The van der Waals surface area contributed by atoms with E-state index in [1.165, 1.54) is 169 Å². The Morgan fingerprint density at radius 3 is 1.33 bits per heavy atom. The first-order chi connectivity index (χ1) is 24.1. The highest BCUT2D eigenvalue weighted by Gasteiger charge is 2.13. The van der Waals surface area contributed by atoms with Crippen molar-refractivity contribution >= 4 is 85.8 Å². The number of aromatic nitrogens is 2. The van der Waals surface area contributed by atoms with E-state index in [1.807, 2.05) is 28.7 Å². The van der Waals surface area contributed by atoms with Crippen LogP contribution in [0.3, 0.4) is 0 Å². The monoisotopic (exact) mass is 762 g/mol. The van der Waals surface area contributed by atoms with E-state index >= 15 is 0 Å². The zero-order chi connectivity index (χ0) is 34.3. The number of carbonyl (C=O) groups is 1. The van der Waals surface area contributed by atoms with Gasteiger partial charge in [-0.15, -0.1) is 22.7 Å². The Bertz CT molecular complexity index is 1810. The quantitative estimate of drug-likeness (QED) is 0.0370. The molecule has 3 nitrogen and oxygen atoms in total. The van der Waals surface area contributed by atoms with Crippen LogP contribution < -0.4 is 0 Å². The minimum atomic E-state index is 0.754. The lowest BCUT2D eigenvalue weighted by molar-refractivity contribution is 0.112. The average molecular weight is 764 g/mol. The van der Waals surface area contributed by atoms with Gasteiger partial charge >= 0.3 is 0 Å². The largest absolute Gasteiger partial charge is 0.339 e. The summed E-state index contributed by atoms with van der Waals surface area (Å²) in [5.74, 6) is 0. The summed E-state index contributed by atoms with van der Waals surface area (Å²) in [6, 6.07) is 17.9. The molecule has 2 aromatic heterocycles. The maximum absolute atomic E-state index is 11.8. The number of halogens is 1. The Hall–Kier alpha value is -2.15. The number of rotatable bonds is 23. The van der Waals surface area contributed by atoms with Crippen LogP contribution in [0.5, 0.6) is 0 Å². The fourth-order valence-electron chi connectivity index (χ4n) is 7.32. The molecule has 0 unspecified atom stereocenters. The zero-order valence-electron chi connectivity index (χ0n) is 30.2. The van der Waals surface area contributed by atoms with E-state index in [1.54, 1.807) is 0 Å². The van der Waals surface area contributed by atoms with Gasteiger partial charge in [-0.1, -0.05) is 145 Å². The molecule has 6 heteroatoms. The van der Waals surface area contributed by atoms with Gasteiger partial charge in [0.2, 0.25) is 0 Å². The maximum Gasteiger partial charge on any atom is 0.150 e. The minimum absolute atomic E-state index is 0.754. The zero-order valence-corrected chi connectivity index (χ0v) is 33.5. The Balaban J connectivity index is 1.38. The number of carbonyl (C=O) groups excluding carboxylic acids is 1. The van der Waals surface area contributed by atoms with Crippen LogP contribution in [-0.2, 0) is 13.1 Å². The molecular weight excluding hydrogens is 705 g/mol. The van der Waals surface area contributed by atoms with E-state index in [-0.39, 0.29) is 0 Å². The first-order valence-corrected chi connectivity index (χ1v) is 22.0. The van der Waals surface area contributed by atoms with Gasteiger partial charge in [-0.05, 0) is 61.4 Å². The van der Waals surface area contributed by atoms with Gasteiger partial charge in [-0.25, -0.2) is 0 Å². The highest BCUT2D eigenvalue weighted by Crippen LogP contribution is 2.37. The highest BCUT2D eigenvalue weighted by molar-refractivity contribution is 9.10. The molecule has 0 saturated carbocycles. The number of benzene rings is 3. The molecule has 0 aliphatic carbocycles. The van der Waals surface area contributed by atoms with Crippen molar-refractivity contribution in [1.29, 1.82) is 0 Å². The fraction of sp³-hybridized carbons (Fsp3) is 0.558. The van der Waals surface area contributed by atoms with Gasteiger partial charge in [0.1, 0.15) is 6.29 Å². The molecular formula is C43H59BrN2OS2. The number of unbranched alkanes of at least 4 members (excludes halogenated alkanes) is 18. The topological polar surface area (TPSA) is 26.9 Å². The molecule has 0 bridgehead atoms. The third-order valence-electron chi connectivity index (χ3n) is 10.2. The second-order valence-corrected chi connectivity index (χ2v) is 17.2. The van der Waals surface area contributed by atoms with Gasteiger partial charge in [0.25, 0.3) is 0 Å². The Labute approximate surface area is 311 Å². The number of fused-ring (bicyclic) bond motifs is 4. The summed E-state index contributed by atoms with van der Waals surface area (Å²) in [6.07, 6.45) is 27.9. The molecule has 0 atom stereocenters. The number of aryl methyl sites for hydroxylation is 2. The highest BCUT2D eigenvalue weighted by atomic mass is 79.9. The third kappa shape index (κ3) is 10.9. The maximum atomic E-state index is 11.8. The molecule has 0 radical (unpaired) electrons. The number of hydrogen-bond donors (Lipinski definition) is 0. The van der Waals surface area contributed by atoms with Crippen LogP contribution in [0.15, 0.2) is 53.0 Å². The predicted molar refractivity (Wildman–Crippen MR) is 223 cm³/mol. The van der Waals surface area contributed by atoms with Gasteiger partial charge in [-0.3, -0.25) is 4.79 Å². The van der Waals surface area contributed by atoms with E-state index in [4.69, 9.17) is 0 Å². The summed E-state index contributed by atoms with van der Waals surface area (Å²) in [5.41, 5.74) is 5.96. The van der Waals surface area contributed by atoms with Crippen LogP contribution in [0.1, 0.15) is 153 Å². The summed E-state index contributed by atoms with van der Waals surface area (Å²) in [5, 5.41) is 0. The normalized spacial score (nSPS) is 11.8. The second kappa shape index (κ2) is 20.6. The van der Waals surface area contributed by atoms with Gasteiger partial charge in [0, 0.05) is 23.1 Å². The van der Waals surface area contributed by atoms with Crippen molar-refractivity contribution in [3.8, 4) is 0 Å². The number of aldehydes is 1. The van der Waals surface area contributed by atoms with Crippen LogP contribution in [0.25, 0.3) is 40.9 Å². The van der Waals surface area contributed by atoms with Crippen LogP contribution >= 0.6 is 38.6 Å². The van der Waals surface area contributed by atoms with Gasteiger partial charge in [-0.2, -0.15) is 0 Å². The molecule has 2 heterocycles. The van der Waals surface area contributed by atoms with Crippen LogP contribution in [0.4, 0.5) is 0 Å². The van der Waals surface area contributed by atoms with Crippen molar-refractivity contribution in [3.63, 3.8) is 0 Å². The smallest absolute Gasteiger partial charge is 0.150 e. The Morgan fingerprint density at radius 1 is 0.490 bits per heavy atom. The van der Waals surface area contributed by atoms with Gasteiger partial charge < -0.3 is 9.13 Å². The summed E-state index contributed by atoms with van der Waals surface area (Å²) >= 11 is 7.50. The lowest BCUT2D eigenvalue weighted by Gasteiger charge is -2.19. The molecule has 0 aliphatic heterocycles. The summed E-state index contributed by atoms with van der Waals surface area (Å²) < 4.78 is 11.4. The van der Waals surface area contributed by atoms with E-state index in [0.717, 1.165) is 29.4 Å². The predicted octanol–water partition coefficient (Wildman–Crippen LogP) is 15.6.